The Hall–Kier alpha value is -1.94. The van der Waals surface area contributed by atoms with Crippen LogP contribution in [0.2, 0.25) is 0 Å². The maximum atomic E-state index is 13.1. The first-order chi connectivity index (χ1) is 44.8. The number of carbonyl (C=O) groups is 4. The van der Waals surface area contributed by atoms with Crippen molar-refractivity contribution in [3.63, 3.8) is 0 Å². The summed E-state index contributed by atoms with van der Waals surface area (Å²) in [6.07, 6.45) is 49.8. The van der Waals surface area contributed by atoms with Gasteiger partial charge < -0.3 is 33.8 Å². The zero-order valence-electron chi connectivity index (χ0n) is 60.7. The summed E-state index contributed by atoms with van der Waals surface area (Å²) in [6.45, 7) is 11.9. The standard InChI is InChI=1S/C74H144O17P2/c1-8-10-11-12-13-14-15-16-17-21-28-35-43-50-57-73(78)91-70(62-85-72(77)56-49-42-37-30-32-39-46-53-66(5)6)64-89-93(82,83)87-60-68(75)59-86-92(80,81)88-63-69(61-84-71(76)55-48-41-34-27-24-23-26-33-40-47-54-67(7)9-2)90-74(79)58-51-44-36-29-22-19-18-20-25-31-38-45-52-65(3)4/h65-70,75H,8-64H2,1-7H3,(H,80,81)(H,82,83)/t67?,68-,69-,70-/m1/s1. The molecule has 0 radical (unpaired) electrons. The molecule has 0 bridgehead atoms. The largest absolute Gasteiger partial charge is 0.472 e. The van der Waals surface area contributed by atoms with Gasteiger partial charge in [0, 0.05) is 25.7 Å². The zero-order chi connectivity index (χ0) is 68.7. The second-order valence-corrected chi connectivity index (χ2v) is 30.8. The van der Waals surface area contributed by atoms with E-state index in [2.05, 4.69) is 48.5 Å². The molecule has 93 heavy (non-hydrogen) atoms. The van der Waals surface area contributed by atoms with Gasteiger partial charge in [-0.2, -0.15) is 0 Å². The van der Waals surface area contributed by atoms with Crippen LogP contribution in [0.1, 0.15) is 376 Å². The number of rotatable bonds is 72. The van der Waals surface area contributed by atoms with Gasteiger partial charge in [-0.25, -0.2) is 9.13 Å². The number of carbonyl (C=O) groups excluding carboxylic acids is 4. The minimum atomic E-state index is -4.96. The van der Waals surface area contributed by atoms with E-state index in [1.54, 1.807) is 0 Å². The van der Waals surface area contributed by atoms with Gasteiger partial charge >= 0.3 is 39.5 Å². The Kier molecular flexibility index (Phi) is 63.4. The maximum absolute atomic E-state index is 13.1. The first kappa shape index (κ1) is 91.1. The van der Waals surface area contributed by atoms with E-state index in [0.29, 0.717) is 31.6 Å². The van der Waals surface area contributed by atoms with E-state index in [-0.39, 0.29) is 25.7 Å². The highest BCUT2D eigenvalue weighted by molar-refractivity contribution is 7.47. The number of hydrogen-bond acceptors (Lipinski definition) is 15. The van der Waals surface area contributed by atoms with Crippen molar-refractivity contribution < 1.29 is 80.2 Å². The van der Waals surface area contributed by atoms with Gasteiger partial charge in [-0.3, -0.25) is 37.3 Å². The highest BCUT2D eigenvalue weighted by Gasteiger charge is 2.30. The molecule has 6 atom stereocenters. The van der Waals surface area contributed by atoms with Crippen LogP contribution in [0.25, 0.3) is 0 Å². The van der Waals surface area contributed by atoms with Gasteiger partial charge in [0.25, 0.3) is 0 Å². The van der Waals surface area contributed by atoms with Crippen LogP contribution >= 0.6 is 15.6 Å². The molecule has 0 aromatic carbocycles. The third kappa shape index (κ3) is 67.0. The van der Waals surface area contributed by atoms with E-state index in [9.17, 15) is 43.2 Å². The van der Waals surface area contributed by atoms with Crippen molar-refractivity contribution in [3.8, 4) is 0 Å². The van der Waals surface area contributed by atoms with Crippen LogP contribution in [0.5, 0.6) is 0 Å². The van der Waals surface area contributed by atoms with Crippen molar-refractivity contribution in [2.45, 2.75) is 394 Å². The molecular weight excluding hydrogens is 1220 g/mol. The minimum absolute atomic E-state index is 0.106. The van der Waals surface area contributed by atoms with Crippen molar-refractivity contribution in [1.82, 2.24) is 0 Å². The monoisotopic (exact) mass is 1370 g/mol. The maximum Gasteiger partial charge on any atom is 0.472 e. The molecule has 3 unspecified atom stereocenters. The quantitative estimate of drug-likeness (QED) is 0.0222. The number of ether oxygens (including phenoxy) is 4. The smallest absolute Gasteiger partial charge is 0.462 e. The molecule has 0 spiro atoms. The van der Waals surface area contributed by atoms with Crippen molar-refractivity contribution in [1.29, 1.82) is 0 Å². The summed E-state index contributed by atoms with van der Waals surface area (Å²) in [5.74, 6) is 0.172. The number of unbranched alkanes of at least 4 members (excludes halogenated alkanes) is 39. The fourth-order valence-electron chi connectivity index (χ4n) is 11.2. The van der Waals surface area contributed by atoms with E-state index >= 15 is 0 Å². The molecule has 0 rings (SSSR count). The zero-order valence-corrected chi connectivity index (χ0v) is 62.5. The Morgan fingerprint density at radius 1 is 0.312 bits per heavy atom. The molecule has 3 N–H and O–H groups in total. The molecule has 17 nitrogen and oxygen atoms in total. The molecule has 0 aliphatic heterocycles. The molecule has 0 heterocycles. The number of esters is 4. The summed E-state index contributed by atoms with van der Waals surface area (Å²) in [6, 6.07) is 0. The van der Waals surface area contributed by atoms with Crippen LogP contribution in [0.4, 0.5) is 0 Å². The Labute approximate surface area is 568 Å². The lowest BCUT2D eigenvalue weighted by Crippen LogP contribution is -2.30. The predicted octanol–water partition coefficient (Wildman–Crippen LogP) is 21.4. The molecule has 552 valence electrons. The van der Waals surface area contributed by atoms with Crippen molar-refractivity contribution in [3.05, 3.63) is 0 Å². The minimum Gasteiger partial charge on any atom is -0.462 e. The van der Waals surface area contributed by atoms with Crippen LogP contribution in [-0.4, -0.2) is 96.7 Å². The normalized spacial score (nSPS) is 14.4. The summed E-state index contributed by atoms with van der Waals surface area (Å²) in [4.78, 5) is 72.7. The third-order valence-corrected chi connectivity index (χ3v) is 19.4. The molecule has 0 fully saturated rings. The molecule has 0 aromatic heterocycles. The lowest BCUT2D eigenvalue weighted by molar-refractivity contribution is -0.161. The van der Waals surface area contributed by atoms with Crippen molar-refractivity contribution >= 4 is 39.5 Å². The average molecular weight is 1370 g/mol. The van der Waals surface area contributed by atoms with Crippen LogP contribution in [-0.2, 0) is 65.4 Å². The van der Waals surface area contributed by atoms with Crippen molar-refractivity contribution in [2.24, 2.45) is 17.8 Å². The Balaban J connectivity index is 5.26. The van der Waals surface area contributed by atoms with E-state index in [1.165, 1.54) is 180 Å². The summed E-state index contributed by atoms with van der Waals surface area (Å²) < 4.78 is 68.5. The highest BCUT2D eigenvalue weighted by Crippen LogP contribution is 2.45. The number of aliphatic hydroxyl groups excluding tert-OH is 1. The molecular formula is C74H144O17P2. The third-order valence-electron chi connectivity index (χ3n) is 17.5. The van der Waals surface area contributed by atoms with Crippen LogP contribution < -0.4 is 0 Å². The van der Waals surface area contributed by atoms with E-state index in [4.69, 9.17) is 37.0 Å². The van der Waals surface area contributed by atoms with Gasteiger partial charge in [0.1, 0.15) is 19.3 Å². The van der Waals surface area contributed by atoms with Gasteiger partial charge in [0.15, 0.2) is 12.2 Å². The van der Waals surface area contributed by atoms with E-state index < -0.39 is 97.5 Å². The van der Waals surface area contributed by atoms with Crippen LogP contribution in [0, 0.1) is 17.8 Å². The van der Waals surface area contributed by atoms with E-state index in [1.807, 2.05) is 0 Å². The van der Waals surface area contributed by atoms with Crippen LogP contribution in [0.15, 0.2) is 0 Å². The first-order valence-corrected chi connectivity index (χ1v) is 41.4. The fraction of sp³-hybridized carbons (Fsp3) is 0.946. The number of hydrogen-bond donors (Lipinski definition) is 3. The second-order valence-electron chi connectivity index (χ2n) is 27.9. The number of aliphatic hydroxyl groups is 1. The molecule has 19 heteroatoms. The lowest BCUT2D eigenvalue weighted by Gasteiger charge is -2.21. The summed E-state index contributed by atoms with van der Waals surface area (Å²) in [5.41, 5.74) is 0. The van der Waals surface area contributed by atoms with Gasteiger partial charge in [-0.1, -0.05) is 325 Å². The number of phosphoric ester groups is 2. The van der Waals surface area contributed by atoms with Crippen molar-refractivity contribution in [2.75, 3.05) is 39.6 Å². The predicted molar refractivity (Wildman–Crippen MR) is 377 cm³/mol. The van der Waals surface area contributed by atoms with Gasteiger partial charge in [-0.05, 0) is 43.4 Å². The van der Waals surface area contributed by atoms with E-state index in [0.717, 1.165) is 108 Å². The Bertz CT molecular complexity index is 1820. The average Bonchev–Trinajstić information content (AvgIpc) is 2.57. The summed E-state index contributed by atoms with van der Waals surface area (Å²) in [5, 5.41) is 10.6. The molecule has 0 saturated heterocycles. The van der Waals surface area contributed by atoms with Crippen LogP contribution in [0.3, 0.4) is 0 Å². The Morgan fingerprint density at radius 3 is 0.817 bits per heavy atom. The summed E-state index contributed by atoms with van der Waals surface area (Å²) >= 11 is 0. The molecule has 0 aliphatic rings. The first-order valence-electron chi connectivity index (χ1n) is 38.4. The second kappa shape index (κ2) is 64.7. The van der Waals surface area contributed by atoms with Gasteiger partial charge in [0.2, 0.25) is 0 Å². The topological polar surface area (TPSA) is 237 Å². The fourth-order valence-corrected chi connectivity index (χ4v) is 12.8. The Morgan fingerprint density at radius 2 is 0.548 bits per heavy atom. The SMILES string of the molecule is CCCCCCCCCCCCCCCCC(=O)O[C@H](COC(=O)CCCCCCCCCC(C)C)COP(=O)(O)OC[C@H](O)COP(=O)(O)OC[C@@H](COC(=O)CCCCCCCCCCCCC(C)CC)OC(=O)CCCCCCCCCCCCCCC(C)C. The molecule has 0 aromatic rings. The lowest BCUT2D eigenvalue weighted by atomic mass is 9.99. The number of phosphoric acid groups is 2. The molecule has 0 amide bonds. The van der Waals surface area contributed by atoms with Gasteiger partial charge in [-0.15, -0.1) is 0 Å². The molecule has 0 saturated carbocycles. The summed E-state index contributed by atoms with van der Waals surface area (Å²) in [7, 11) is -9.91. The highest BCUT2D eigenvalue weighted by atomic mass is 31.2. The van der Waals surface area contributed by atoms with Gasteiger partial charge in [0.05, 0.1) is 26.4 Å². The molecule has 0 aliphatic carbocycles.